The second-order valence-corrected chi connectivity index (χ2v) is 7.99. The fraction of sp³-hybridized carbons (Fsp3) is 0.280. The van der Waals surface area contributed by atoms with E-state index in [1.54, 1.807) is 7.11 Å². The number of H-pyrrole nitrogens is 1. The molecule has 1 saturated heterocycles. The molecule has 3 aromatic rings. The Labute approximate surface area is 181 Å². The highest BCUT2D eigenvalue weighted by atomic mass is 16.5. The lowest BCUT2D eigenvalue weighted by atomic mass is 10.0. The van der Waals surface area contributed by atoms with Crippen molar-refractivity contribution in [1.82, 2.24) is 14.8 Å². The maximum atomic E-state index is 13.5. The van der Waals surface area contributed by atoms with E-state index in [2.05, 4.69) is 16.0 Å². The molecule has 5 rings (SSSR count). The molecule has 1 N–H and O–H groups in total. The quantitative estimate of drug-likeness (QED) is 0.625. The summed E-state index contributed by atoms with van der Waals surface area (Å²) in [7, 11) is 1.59. The minimum absolute atomic E-state index is 0.201. The number of fused-ring (bicyclic) bond motifs is 1. The van der Waals surface area contributed by atoms with Crippen LogP contribution in [0.3, 0.4) is 0 Å². The van der Waals surface area contributed by atoms with Crippen molar-refractivity contribution in [2.24, 2.45) is 0 Å². The number of ether oxygens (including phenoxy) is 1. The number of benzene rings is 2. The number of carbonyl (C=O) groups excluding carboxylic acids is 2. The molecule has 2 aliphatic heterocycles. The van der Waals surface area contributed by atoms with E-state index in [4.69, 9.17) is 4.74 Å². The van der Waals surface area contributed by atoms with Crippen LogP contribution in [0.1, 0.15) is 24.0 Å². The van der Waals surface area contributed by atoms with E-state index in [0.717, 1.165) is 42.4 Å². The molecule has 0 bridgehead atoms. The number of likely N-dealkylation sites (tertiary alicyclic amines) is 1. The molecule has 0 saturated carbocycles. The fourth-order valence-electron chi connectivity index (χ4n) is 4.67. The predicted molar refractivity (Wildman–Crippen MR) is 119 cm³/mol. The van der Waals surface area contributed by atoms with Gasteiger partial charge in [-0.25, -0.2) is 0 Å². The van der Waals surface area contributed by atoms with Gasteiger partial charge in [0, 0.05) is 42.3 Å². The number of amides is 2. The third kappa shape index (κ3) is 3.28. The third-order valence-corrected chi connectivity index (χ3v) is 6.22. The first-order valence-electron chi connectivity index (χ1n) is 10.7. The summed E-state index contributed by atoms with van der Waals surface area (Å²) < 4.78 is 5.52. The molecule has 1 fully saturated rings. The van der Waals surface area contributed by atoms with Gasteiger partial charge >= 0.3 is 0 Å². The standard InChI is InChI=1S/C25H25N3O3/c1-31-21-11-5-3-9-19(21)22-23(27-13-6-7-14-27)25(30)28(24(22)29)15-12-17-16-26-20-10-4-2-8-18(17)20/h2-5,8-11,16,26H,6-7,12-15H2,1H3. The summed E-state index contributed by atoms with van der Waals surface area (Å²) in [5.74, 6) is 0.165. The topological polar surface area (TPSA) is 65.6 Å². The highest BCUT2D eigenvalue weighted by Gasteiger charge is 2.42. The molecule has 0 atom stereocenters. The van der Waals surface area contributed by atoms with Gasteiger partial charge in [-0.05, 0) is 37.0 Å². The van der Waals surface area contributed by atoms with Crippen LogP contribution in [0.5, 0.6) is 5.75 Å². The molecule has 0 spiro atoms. The zero-order valence-electron chi connectivity index (χ0n) is 17.6. The minimum atomic E-state index is -0.240. The largest absolute Gasteiger partial charge is 0.496 e. The number of hydrogen-bond acceptors (Lipinski definition) is 4. The lowest BCUT2D eigenvalue weighted by Gasteiger charge is -2.20. The monoisotopic (exact) mass is 415 g/mol. The molecule has 31 heavy (non-hydrogen) atoms. The summed E-state index contributed by atoms with van der Waals surface area (Å²) in [6.45, 7) is 1.93. The summed E-state index contributed by atoms with van der Waals surface area (Å²) in [5, 5.41) is 1.12. The molecule has 2 amide bonds. The number of aromatic amines is 1. The molecule has 0 radical (unpaired) electrons. The molecule has 0 aliphatic carbocycles. The maximum Gasteiger partial charge on any atom is 0.277 e. The van der Waals surface area contributed by atoms with Crippen LogP contribution in [0.25, 0.3) is 16.5 Å². The number of rotatable bonds is 6. The van der Waals surface area contributed by atoms with Crippen LogP contribution in [0.4, 0.5) is 0 Å². The lowest BCUT2D eigenvalue weighted by molar-refractivity contribution is -0.137. The normalized spacial score (nSPS) is 16.8. The van der Waals surface area contributed by atoms with Crippen LogP contribution in [-0.4, -0.2) is 53.3 Å². The first-order valence-corrected chi connectivity index (χ1v) is 10.7. The van der Waals surface area contributed by atoms with Crippen molar-refractivity contribution in [3.8, 4) is 5.75 Å². The Balaban J connectivity index is 1.48. The van der Waals surface area contributed by atoms with Gasteiger partial charge in [0.2, 0.25) is 0 Å². The van der Waals surface area contributed by atoms with Crippen molar-refractivity contribution in [2.45, 2.75) is 19.3 Å². The number of methoxy groups -OCH3 is 1. The Morgan fingerprint density at radius 2 is 1.71 bits per heavy atom. The van der Waals surface area contributed by atoms with Gasteiger partial charge in [-0.15, -0.1) is 0 Å². The van der Waals surface area contributed by atoms with E-state index in [1.807, 2.05) is 48.7 Å². The van der Waals surface area contributed by atoms with Crippen molar-refractivity contribution < 1.29 is 14.3 Å². The van der Waals surface area contributed by atoms with Crippen LogP contribution in [-0.2, 0) is 16.0 Å². The van der Waals surface area contributed by atoms with Gasteiger partial charge in [0.05, 0.1) is 12.7 Å². The molecule has 0 unspecified atom stereocenters. The SMILES string of the molecule is COc1ccccc1C1=C(N2CCCC2)C(=O)N(CCc2c[nH]c3ccccc23)C1=O. The van der Waals surface area contributed by atoms with Gasteiger partial charge in [-0.1, -0.05) is 36.4 Å². The Kier molecular flexibility index (Phi) is 4.98. The molecule has 2 aliphatic rings. The smallest absolute Gasteiger partial charge is 0.277 e. The first kappa shape index (κ1) is 19.4. The number of nitrogens with one attached hydrogen (secondary N) is 1. The summed E-state index contributed by atoms with van der Waals surface area (Å²) in [5.41, 5.74) is 3.82. The zero-order valence-corrected chi connectivity index (χ0v) is 17.6. The average molecular weight is 415 g/mol. The molecule has 1 aromatic heterocycles. The molecule has 6 nitrogen and oxygen atoms in total. The van der Waals surface area contributed by atoms with Crippen LogP contribution in [0, 0.1) is 0 Å². The van der Waals surface area contributed by atoms with Crippen LogP contribution in [0.15, 0.2) is 60.4 Å². The maximum absolute atomic E-state index is 13.5. The number of para-hydroxylation sites is 2. The highest BCUT2D eigenvalue weighted by Crippen LogP contribution is 2.37. The van der Waals surface area contributed by atoms with Crippen molar-refractivity contribution in [1.29, 1.82) is 0 Å². The van der Waals surface area contributed by atoms with E-state index in [0.29, 0.717) is 35.5 Å². The predicted octanol–water partition coefficient (Wildman–Crippen LogP) is 3.59. The number of aromatic nitrogens is 1. The highest BCUT2D eigenvalue weighted by molar-refractivity contribution is 6.36. The number of nitrogens with zero attached hydrogens (tertiary/aromatic N) is 2. The summed E-state index contributed by atoms with van der Waals surface area (Å²) in [6, 6.07) is 15.5. The van der Waals surface area contributed by atoms with Gasteiger partial charge in [0.15, 0.2) is 0 Å². The van der Waals surface area contributed by atoms with Crippen LogP contribution < -0.4 is 4.74 Å². The molecule has 158 valence electrons. The Morgan fingerprint density at radius 3 is 2.52 bits per heavy atom. The molecule has 6 heteroatoms. The summed E-state index contributed by atoms with van der Waals surface area (Å²) in [4.78, 5) is 33.7. The summed E-state index contributed by atoms with van der Waals surface area (Å²) >= 11 is 0. The van der Waals surface area contributed by atoms with Gasteiger partial charge in [-0.3, -0.25) is 14.5 Å². The van der Waals surface area contributed by atoms with Crippen LogP contribution in [0.2, 0.25) is 0 Å². The molecular formula is C25H25N3O3. The van der Waals surface area contributed by atoms with Gasteiger partial charge in [0.1, 0.15) is 11.4 Å². The van der Waals surface area contributed by atoms with Crippen LogP contribution >= 0.6 is 0 Å². The zero-order chi connectivity index (χ0) is 21.4. The summed E-state index contributed by atoms with van der Waals surface area (Å²) in [6.07, 6.45) is 4.62. The van der Waals surface area contributed by atoms with Gasteiger partial charge < -0.3 is 14.6 Å². The molecule has 3 heterocycles. The second-order valence-electron chi connectivity index (χ2n) is 7.99. The number of imide groups is 1. The van der Waals surface area contributed by atoms with E-state index in [1.165, 1.54) is 4.90 Å². The number of carbonyl (C=O) groups is 2. The third-order valence-electron chi connectivity index (χ3n) is 6.22. The lowest BCUT2D eigenvalue weighted by Crippen LogP contribution is -2.36. The Morgan fingerprint density at radius 1 is 0.968 bits per heavy atom. The average Bonchev–Trinajstić information content (AvgIpc) is 3.52. The Hall–Kier alpha value is -3.54. The van der Waals surface area contributed by atoms with E-state index >= 15 is 0 Å². The van der Waals surface area contributed by atoms with Crippen molar-refractivity contribution in [2.75, 3.05) is 26.7 Å². The van der Waals surface area contributed by atoms with Crippen molar-refractivity contribution in [3.05, 3.63) is 71.6 Å². The van der Waals surface area contributed by atoms with E-state index in [-0.39, 0.29) is 11.8 Å². The second kappa shape index (κ2) is 7.95. The van der Waals surface area contributed by atoms with E-state index < -0.39 is 0 Å². The van der Waals surface area contributed by atoms with Crippen molar-refractivity contribution >= 4 is 28.3 Å². The first-order chi connectivity index (χ1) is 15.2. The minimum Gasteiger partial charge on any atom is -0.496 e. The Bertz CT molecular complexity index is 1190. The molecule has 2 aromatic carbocycles. The van der Waals surface area contributed by atoms with Gasteiger partial charge in [0.25, 0.3) is 11.8 Å². The number of hydrogen-bond donors (Lipinski definition) is 1. The van der Waals surface area contributed by atoms with Crippen molar-refractivity contribution in [3.63, 3.8) is 0 Å². The fourth-order valence-corrected chi connectivity index (χ4v) is 4.67. The molecular weight excluding hydrogens is 390 g/mol. The van der Waals surface area contributed by atoms with E-state index in [9.17, 15) is 9.59 Å². The van der Waals surface area contributed by atoms with Gasteiger partial charge in [-0.2, -0.15) is 0 Å².